The summed E-state index contributed by atoms with van der Waals surface area (Å²) in [5.74, 6) is -0.444. The SMILES string of the molecule is COc1ccc(NC(=O)[C@@H]2CC(=O)N(Cc3ccccc3F)C2)cc1. The van der Waals surface area contributed by atoms with Gasteiger partial charge >= 0.3 is 0 Å². The molecule has 0 unspecified atom stereocenters. The number of anilines is 1. The molecule has 0 aromatic heterocycles. The molecule has 2 aromatic rings. The van der Waals surface area contributed by atoms with Crippen LogP contribution in [-0.4, -0.2) is 30.4 Å². The number of hydrogen-bond acceptors (Lipinski definition) is 3. The van der Waals surface area contributed by atoms with Crippen LogP contribution < -0.4 is 10.1 Å². The highest BCUT2D eigenvalue weighted by Crippen LogP contribution is 2.23. The van der Waals surface area contributed by atoms with Gasteiger partial charge in [0.15, 0.2) is 0 Å². The van der Waals surface area contributed by atoms with E-state index in [0.29, 0.717) is 17.0 Å². The first-order chi connectivity index (χ1) is 12.1. The Morgan fingerprint density at radius 2 is 1.96 bits per heavy atom. The van der Waals surface area contributed by atoms with Gasteiger partial charge in [0.05, 0.1) is 13.0 Å². The number of rotatable bonds is 5. The number of nitrogens with zero attached hydrogens (tertiary/aromatic N) is 1. The maximum absolute atomic E-state index is 13.7. The van der Waals surface area contributed by atoms with E-state index in [1.807, 2.05) is 0 Å². The molecule has 1 N–H and O–H groups in total. The summed E-state index contributed by atoms with van der Waals surface area (Å²) in [6, 6.07) is 13.3. The number of benzene rings is 2. The number of nitrogens with one attached hydrogen (secondary N) is 1. The van der Waals surface area contributed by atoms with Crippen molar-refractivity contribution in [2.24, 2.45) is 5.92 Å². The van der Waals surface area contributed by atoms with E-state index in [9.17, 15) is 14.0 Å². The number of carbonyl (C=O) groups is 2. The van der Waals surface area contributed by atoms with Gasteiger partial charge in [0.2, 0.25) is 11.8 Å². The molecule has 1 fully saturated rings. The Kier molecular flexibility index (Phi) is 4.97. The normalized spacial score (nSPS) is 16.8. The molecule has 130 valence electrons. The molecule has 0 saturated carbocycles. The summed E-state index contributed by atoms with van der Waals surface area (Å²) >= 11 is 0. The predicted molar refractivity (Wildman–Crippen MR) is 91.5 cm³/mol. The minimum Gasteiger partial charge on any atom is -0.497 e. The Balaban J connectivity index is 1.61. The van der Waals surface area contributed by atoms with E-state index in [4.69, 9.17) is 4.74 Å². The number of methoxy groups -OCH3 is 1. The number of likely N-dealkylation sites (tertiary alicyclic amines) is 1. The smallest absolute Gasteiger partial charge is 0.229 e. The van der Waals surface area contributed by atoms with Gasteiger partial charge in [-0.05, 0) is 30.3 Å². The minimum absolute atomic E-state index is 0.135. The fourth-order valence-corrected chi connectivity index (χ4v) is 2.85. The molecule has 2 aromatic carbocycles. The first-order valence-electron chi connectivity index (χ1n) is 8.03. The molecule has 0 radical (unpaired) electrons. The van der Waals surface area contributed by atoms with Crippen LogP contribution in [0.3, 0.4) is 0 Å². The van der Waals surface area contributed by atoms with Crippen molar-refractivity contribution in [1.82, 2.24) is 4.90 Å². The van der Waals surface area contributed by atoms with E-state index in [1.54, 1.807) is 49.6 Å². The Bertz CT molecular complexity index is 776. The zero-order valence-electron chi connectivity index (χ0n) is 13.9. The third-order valence-corrected chi connectivity index (χ3v) is 4.26. The van der Waals surface area contributed by atoms with Crippen LogP contribution in [0.4, 0.5) is 10.1 Å². The van der Waals surface area contributed by atoms with Crippen LogP contribution in [0, 0.1) is 11.7 Å². The van der Waals surface area contributed by atoms with Crippen LogP contribution in [0.2, 0.25) is 0 Å². The molecule has 0 bridgehead atoms. The van der Waals surface area contributed by atoms with Gasteiger partial charge in [-0.25, -0.2) is 4.39 Å². The number of halogens is 1. The summed E-state index contributed by atoms with van der Waals surface area (Å²) in [6.07, 6.45) is 0.135. The molecule has 1 heterocycles. The van der Waals surface area contributed by atoms with E-state index in [-0.39, 0.29) is 37.1 Å². The van der Waals surface area contributed by atoms with E-state index in [1.165, 1.54) is 11.0 Å². The summed E-state index contributed by atoms with van der Waals surface area (Å²) in [5.41, 5.74) is 1.10. The lowest BCUT2D eigenvalue weighted by molar-refractivity contribution is -0.128. The first kappa shape index (κ1) is 17.0. The molecule has 6 heteroatoms. The van der Waals surface area contributed by atoms with Crippen LogP contribution in [0.1, 0.15) is 12.0 Å². The average Bonchev–Trinajstić information content (AvgIpc) is 2.98. The predicted octanol–water partition coefficient (Wildman–Crippen LogP) is 2.82. The third kappa shape index (κ3) is 3.96. The summed E-state index contributed by atoms with van der Waals surface area (Å²) < 4.78 is 18.8. The molecule has 2 amide bonds. The third-order valence-electron chi connectivity index (χ3n) is 4.26. The maximum Gasteiger partial charge on any atom is 0.229 e. The van der Waals surface area contributed by atoms with Crippen molar-refractivity contribution in [3.63, 3.8) is 0 Å². The van der Waals surface area contributed by atoms with Crippen molar-refractivity contribution in [3.05, 3.63) is 59.9 Å². The van der Waals surface area contributed by atoms with E-state index >= 15 is 0 Å². The minimum atomic E-state index is -0.443. The Hall–Kier alpha value is -2.89. The monoisotopic (exact) mass is 342 g/mol. The number of hydrogen-bond donors (Lipinski definition) is 1. The van der Waals surface area contributed by atoms with Crippen LogP contribution in [0.25, 0.3) is 0 Å². The van der Waals surface area contributed by atoms with Crippen molar-refractivity contribution < 1.29 is 18.7 Å². The van der Waals surface area contributed by atoms with Gasteiger partial charge in [-0.2, -0.15) is 0 Å². The second-order valence-electron chi connectivity index (χ2n) is 5.98. The van der Waals surface area contributed by atoms with Gasteiger partial charge in [0.25, 0.3) is 0 Å². The number of ether oxygens (including phenoxy) is 1. The van der Waals surface area contributed by atoms with Gasteiger partial charge < -0.3 is 15.0 Å². The fourth-order valence-electron chi connectivity index (χ4n) is 2.85. The zero-order valence-corrected chi connectivity index (χ0v) is 13.9. The Labute approximate surface area is 145 Å². The number of amides is 2. The molecule has 0 aliphatic carbocycles. The largest absolute Gasteiger partial charge is 0.497 e. The zero-order chi connectivity index (χ0) is 17.8. The lowest BCUT2D eigenvalue weighted by Crippen LogP contribution is -2.28. The standard InChI is InChI=1S/C19H19FN2O3/c1-25-16-8-6-15(7-9-16)21-19(24)14-10-18(23)22(12-14)11-13-4-2-3-5-17(13)20/h2-9,14H,10-12H2,1H3,(H,21,24)/t14-/m1/s1. The topological polar surface area (TPSA) is 58.6 Å². The molecule has 5 nitrogen and oxygen atoms in total. The van der Waals surface area contributed by atoms with Crippen LogP contribution in [0.15, 0.2) is 48.5 Å². The van der Waals surface area contributed by atoms with Crippen LogP contribution >= 0.6 is 0 Å². The molecule has 0 spiro atoms. The van der Waals surface area contributed by atoms with Gasteiger partial charge in [0, 0.05) is 30.8 Å². The number of carbonyl (C=O) groups excluding carboxylic acids is 2. The van der Waals surface area contributed by atoms with E-state index < -0.39 is 5.92 Å². The second-order valence-corrected chi connectivity index (χ2v) is 5.98. The van der Waals surface area contributed by atoms with Gasteiger partial charge in [0.1, 0.15) is 11.6 Å². The Morgan fingerprint density at radius 3 is 2.64 bits per heavy atom. The quantitative estimate of drug-likeness (QED) is 0.909. The molecular weight excluding hydrogens is 323 g/mol. The lowest BCUT2D eigenvalue weighted by Gasteiger charge is -2.17. The second kappa shape index (κ2) is 7.34. The van der Waals surface area contributed by atoms with Crippen molar-refractivity contribution in [3.8, 4) is 5.75 Å². The molecule has 1 aliphatic rings. The fraction of sp³-hybridized carbons (Fsp3) is 0.263. The molecule has 25 heavy (non-hydrogen) atoms. The van der Waals surface area contributed by atoms with E-state index in [2.05, 4.69) is 5.32 Å². The van der Waals surface area contributed by atoms with Gasteiger partial charge in [-0.15, -0.1) is 0 Å². The highest BCUT2D eigenvalue weighted by molar-refractivity contribution is 5.97. The van der Waals surface area contributed by atoms with Crippen LogP contribution in [-0.2, 0) is 16.1 Å². The van der Waals surface area contributed by atoms with E-state index in [0.717, 1.165) is 0 Å². The molecular formula is C19H19FN2O3. The summed E-state index contributed by atoms with van der Waals surface area (Å²) in [5, 5.41) is 2.80. The lowest BCUT2D eigenvalue weighted by atomic mass is 10.1. The van der Waals surface area contributed by atoms with Gasteiger partial charge in [-0.3, -0.25) is 9.59 Å². The van der Waals surface area contributed by atoms with Crippen molar-refractivity contribution in [2.45, 2.75) is 13.0 Å². The molecule has 3 rings (SSSR count). The highest BCUT2D eigenvalue weighted by Gasteiger charge is 2.34. The molecule has 1 saturated heterocycles. The highest BCUT2D eigenvalue weighted by atomic mass is 19.1. The van der Waals surface area contributed by atoms with Crippen molar-refractivity contribution >= 4 is 17.5 Å². The summed E-state index contributed by atoms with van der Waals surface area (Å²) in [7, 11) is 1.57. The first-order valence-corrected chi connectivity index (χ1v) is 8.03. The summed E-state index contributed by atoms with van der Waals surface area (Å²) in [6.45, 7) is 0.465. The maximum atomic E-state index is 13.7. The van der Waals surface area contributed by atoms with Gasteiger partial charge in [-0.1, -0.05) is 18.2 Å². The average molecular weight is 342 g/mol. The van der Waals surface area contributed by atoms with Crippen molar-refractivity contribution in [2.75, 3.05) is 19.0 Å². The van der Waals surface area contributed by atoms with Crippen LogP contribution in [0.5, 0.6) is 5.75 Å². The van der Waals surface area contributed by atoms with Crippen molar-refractivity contribution in [1.29, 1.82) is 0 Å². The molecule has 1 aliphatic heterocycles. The summed E-state index contributed by atoms with van der Waals surface area (Å²) in [4.78, 5) is 26.1. The Morgan fingerprint density at radius 1 is 1.24 bits per heavy atom. The molecule has 1 atom stereocenters.